The highest BCUT2D eigenvalue weighted by atomic mass is 16.2. The number of rotatable bonds is 5. The number of fused-ring (bicyclic) bond motifs is 1. The molecule has 2 aromatic carbocycles. The van der Waals surface area contributed by atoms with Crippen LogP contribution < -0.4 is 10.6 Å². The molecule has 0 spiro atoms. The van der Waals surface area contributed by atoms with Crippen molar-refractivity contribution < 1.29 is 9.59 Å². The van der Waals surface area contributed by atoms with Crippen LogP contribution in [-0.2, 0) is 11.2 Å². The van der Waals surface area contributed by atoms with Crippen LogP contribution in [-0.4, -0.2) is 28.8 Å². The number of H-pyrrole nitrogens is 1. The first kappa shape index (κ1) is 15.7. The summed E-state index contributed by atoms with van der Waals surface area (Å²) in [6, 6.07) is 14.5. The van der Waals surface area contributed by atoms with Gasteiger partial charge in [-0.3, -0.25) is 9.59 Å². The molecule has 6 heteroatoms. The molecule has 0 bridgehead atoms. The van der Waals surface area contributed by atoms with E-state index in [1.54, 1.807) is 31.3 Å². The van der Waals surface area contributed by atoms with Crippen LogP contribution in [0, 0.1) is 0 Å². The normalized spacial score (nSPS) is 10.5. The van der Waals surface area contributed by atoms with Gasteiger partial charge in [0.2, 0.25) is 5.91 Å². The van der Waals surface area contributed by atoms with Gasteiger partial charge in [0.05, 0.1) is 11.0 Å². The lowest BCUT2D eigenvalue weighted by Crippen LogP contribution is -2.18. The molecular formula is C18H18N4O2. The Hall–Kier alpha value is -3.15. The molecule has 3 rings (SSSR count). The number of anilines is 1. The smallest absolute Gasteiger partial charge is 0.251 e. The topological polar surface area (TPSA) is 86.9 Å². The van der Waals surface area contributed by atoms with Gasteiger partial charge in [-0.25, -0.2) is 4.98 Å². The summed E-state index contributed by atoms with van der Waals surface area (Å²) in [5, 5.41) is 5.37. The van der Waals surface area contributed by atoms with Crippen LogP contribution in [0.1, 0.15) is 22.6 Å². The third-order valence-electron chi connectivity index (χ3n) is 3.69. The first-order chi connectivity index (χ1) is 11.7. The lowest BCUT2D eigenvalue weighted by molar-refractivity contribution is -0.116. The molecule has 3 N–H and O–H groups in total. The predicted molar refractivity (Wildman–Crippen MR) is 92.9 cm³/mol. The van der Waals surface area contributed by atoms with Crippen LogP contribution in [0.4, 0.5) is 5.69 Å². The van der Waals surface area contributed by atoms with Crippen LogP contribution >= 0.6 is 0 Å². The Morgan fingerprint density at radius 1 is 1.08 bits per heavy atom. The number of hydrogen-bond acceptors (Lipinski definition) is 3. The van der Waals surface area contributed by atoms with Crippen molar-refractivity contribution in [2.45, 2.75) is 12.8 Å². The van der Waals surface area contributed by atoms with E-state index < -0.39 is 0 Å². The van der Waals surface area contributed by atoms with E-state index in [0.29, 0.717) is 24.1 Å². The Bertz CT molecular complexity index is 835. The standard InChI is InChI=1S/C18H18N4O2/c1-19-18(24)12-6-8-13(9-7-12)20-17(23)11-10-16-21-14-4-2-3-5-15(14)22-16/h2-9H,10-11H2,1H3,(H,19,24)(H,20,23)(H,21,22). The van der Waals surface area contributed by atoms with Crippen molar-refractivity contribution in [3.8, 4) is 0 Å². The average Bonchev–Trinajstić information content (AvgIpc) is 3.03. The van der Waals surface area contributed by atoms with Crippen LogP contribution in [0.15, 0.2) is 48.5 Å². The molecule has 0 saturated heterocycles. The number of hydrogen-bond donors (Lipinski definition) is 3. The van der Waals surface area contributed by atoms with Crippen molar-refractivity contribution in [2.75, 3.05) is 12.4 Å². The molecular weight excluding hydrogens is 304 g/mol. The minimum absolute atomic E-state index is 0.0943. The molecule has 24 heavy (non-hydrogen) atoms. The summed E-state index contributed by atoms with van der Waals surface area (Å²) in [4.78, 5) is 31.2. The van der Waals surface area contributed by atoms with E-state index in [1.165, 1.54) is 0 Å². The van der Waals surface area contributed by atoms with Crippen molar-refractivity contribution in [3.63, 3.8) is 0 Å². The highest BCUT2D eigenvalue weighted by Crippen LogP contribution is 2.13. The highest BCUT2D eigenvalue weighted by Gasteiger charge is 2.08. The number of nitrogens with zero attached hydrogens (tertiary/aromatic N) is 1. The summed E-state index contributed by atoms with van der Waals surface area (Å²) in [5.74, 6) is 0.544. The van der Waals surface area contributed by atoms with E-state index in [4.69, 9.17) is 0 Å². The van der Waals surface area contributed by atoms with E-state index in [9.17, 15) is 9.59 Å². The summed E-state index contributed by atoms with van der Waals surface area (Å²) in [7, 11) is 1.58. The number of aromatic nitrogens is 2. The fourth-order valence-corrected chi connectivity index (χ4v) is 2.43. The van der Waals surface area contributed by atoms with Gasteiger partial charge in [-0.15, -0.1) is 0 Å². The molecule has 0 radical (unpaired) electrons. The molecule has 0 saturated carbocycles. The van der Waals surface area contributed by atoms with Gasteiger partial charge in [0, 0.05) is 31.1 Å². The van der Waals surface area contributed by atoms with Crippen LogP contribution in [0.2, 0.25) is 0 Å². The lowest BCUT2D eigenvalue weighted by atomic mass is 10.2. The second-order valence-electron chi connectivity index (χ2n) is 5.41. The molecule has 0 fully saturated rings. The number of aryl methyl sites for hydroxylation is 1. The Morgan fingerprint density at radius 2 is 1.83 bits per heavy atom. The average molecular weight is 322 g/mol. The molecule has 0 aliphatic rings. The van der Waals surface area contributed by atoms with Gasteiger partial charge in [0.1, 0.15) is 5.82 Å². The maximum atomic E-state index is 12.0. The largest absolute Gasteiger partial charge is 0.355 e. The fourth-order valence-electron chi connectivity index (χ4n) is 2.43. The number of benzene rings is 2. The Balaban J connectivity index is 1.56. The molecule has 122 valence electrons. The number of para-hydroxylation sites is 2. The van der Waals surface area contributed by atoms with Crippen molar-refractivity contribution >= 4 is 28.5 Å². The van der Waals surface area contributed by atoms with Gasteiger partial charge >= 0.3 is 0 Å². The number of carbonyl (C=O) groups is 2. The maximum absolute atomic E-state index is 12.0. The van der Waals surface area contributed by atoms with E-state index >= 15 is 0 Å². The van der Waals surface area contributed by atoms with E-state index in [-0.39, 0.29) is 11.8 Å². The van der Waals surface area contributed by atoms with Gasteiger partial charge in [0.25, 0.3) is 5.91 Å². The zero-order valence-electron chi connectivity index (χ0n) is 13.3. The van der Waals surface area contributed by atoms with Crippen molar-refractivity contribution in [1.82, 2.24) is 15.3 Å². The molecule has 3 aromatic rings. The molecule has 0 atom stereocenters. The van der Waals surface area contributed by atoms with Gasteiger partial charge in [-0.2, -0.15) is 0 Å². The van der Waals surface area contributed by atoms with Crippen LogP contribution in [0.5, 0.6) is 0 Å². The first-order valence-corrected chi connectivity index (χ1v) is 7.71. The Kier molecular flexibility index (Phi) is 4.56. The Morgan fingerprint density at radius 3 is 2.54 bits per heavy atom. The molecule has 1 heterocycles. The van der Waals surface area contributed by atoms with Crippen LogP contribution in [0.25, 0.3) is 11.0 Å². The van der Waals surface area contributed by atoms with Crippen molar-refractivity contribution in [1.29, 1.82) is 0 Å². The van der Waals surface area contributed by atoms with Gasteiger partial charge in [0.15, 0.2) is 0 Å². The number of nitrogens with one attached hydrogen (secondary N) is 3. The molecule has 2 amide bonds. The molecule has 1 aromatic heterocycles. The summed E-state index contributed by atoms with van der Waals surface area (Å²) in [5.41, 5.74) is 3.09. The van der Waals surface area contributed by atoms with Gasteiger partial charge in [-0.05, 0) is 36.4 Å². The third kappa shape index (κ3) is 3.60. The summed E-state index contributed by atoms with van der Waals surface area (Å²) >= 11 is 0. The van der Waals surface area contributed by atoms with Crippen LogP contribution in [0.3, 0.4) is 0 Å². The van der Waals surface area contributed by atoms with Gasteiger partial charge < -0.3 is 15.6 Å². The van der Waals surface area contributed by atoms with Crippen molar-refractivity contribution in [2.24, 2.45) is 0 Å². The fraction of sp³-hybridized carbons (Fsp3) is 0.167. The monoisotopic (exact) mass is 322 g/mol. The molecule has 6 nitrogen and oxygen atoms in total. The first-order valence-electron chi connectivity index (χ1n) is 7.71. The summed E-state index contributed by atoms with van der Waals surface area (Å²) in [6.45, 7) is 0. The number of imidazole rings is 1. The molecule has 0 aliphatic heterocycles. The highest BCUT2D eigenvalue weighted by molar-refractivity contribution is 5.95. The summed E-state index contributed by atoms with van der Waals surface area (Å²) < 4.78 is 0. The zero-order valence-corrected chi connectivity index (χ0v) is 13.3. The van der Waals surface area contributed by atoms with Gasteiger partial charge in [-0.1, -0.05) is 12.1 Å². The summed E-state index contributed by atoms with van der Waals surface area (Å²) in [6.07, 6.45) is 0.869. The SMILES string of the molecule is CNC(=O)c1ccc(NC(=O)CCc2nc3ccccc3[nH]2)cc1. The molecule has 0 aliphatic carbocycles. The quantitative estimate of drug-likeness (QED) is 0.674. The van der Waals surface area contributed by atoms with Crippen molar-refractivity contribution in [3.05, 3.63) is 59.9 Å². The van der Waals surface area contributed by atoms with E-state index in [2.05, 4.69) is 20.6 Å². The second kappa shape index (κ2) is 6.95. The zero-order chi connectivity index (χ0) is 16.9. The number of aromatic amines is 1. The second-order valence-corrected chi connectivity index (χ2v) is 5.41. The minimum atomic E-state index is -0.155. The Labute approximate surface area is 139 Å². The van der Waals surface area contributed by atoms with E-state index in [1.807, 2.05) is 24.3 Å². The van der Waals surface area contributed by atoms with E-state index in [0.717, 1.165) is 16.9 Å². The number of carbonyl (C=O) groups excluding carboxylic acids is 2. The number of amides is 2. The third-order valence-corrected chi connectivity index (χ3v) is 3.69. The maximum Gasteiger partial charge on any atom is 0.251 e. The minimum Gasteiger partial charge on any atom is -0.355 e. The predicted octanol–water partition coefficient (Wildman–Crippen LogP) is 2.49. The lowest BCUT2D eigenvalue weighted by Gasteiger charge is -2.05. The molecule has 0 unspecified atom stereocenters.